The molecule has 2 aliphatic rings. The number of nitrogens with one attached hydrogen (secondary N) is 1. The van der Waals surface area contributed by atoms with E-state index in [1.807, 2.05) is 0 Å². The Morgan fingerprint density at radius 2 is 2.14 bits per heavy atom. The van der Waals surface area contributed by atoms with Crippen molar-refractivity contribution in [1.82, 2.24) is 5.32 Å². The molecule has 0 bridgehead atoms. The average Bonchev–Trinajstić information content (AvgIpc) is 2.17. The van der Waals surface area contributed by atoms with Crippen LogP contribution in [0.15, 0.2) is 0 Å². The molecule has 14 heavy (non-hydrogen) atoms. The van der Waals surface area contributed by atoms with Crippen LogP contribution in [0.2, 0.25) is 0 Å². The van der Waals surface area contributed by atoms with Gasteiger partial charge in [-0.1, -0.05) is 20.8 Å². The molecule has 2 unspecified atom stereocenters. The highest BCUT2D eigenvalue weighted by Crippen LogP contribution is 2.55. The van der Waals surface area contributed by atoms with E-state index in [1.165, 1.54) is 25.7 Å². The number of ether oxygens (including phenoxy) is 1. The fourth-order valence-electron chi connectivity index (χ4n) is 2.97. The highest BCUT2D eigenvalue weighted by atomic mass is 16.5. The zero-order valence-electron chi connectivity index (χ0n) is 9.73. The maximum Gasteiger partial charge on any atom is 0.0748 e. The van der Waals surface area contributed by atoms with Gasteiger partial charge >= 0.3 is 0 Å². The number of hydrogen-bond donors (Lipinski definition) is 1. The summed E-state index contributed by atoms with van der Waals surface area (Å²) in [7, 11) is 0. The van der Waals surface area contributed by atoms with Crippen molar-refractivity contribution in [2.24, 2.45) is 5.41 Å². The first-order chi connectivity index (χ1) is 6.60. The molecule has 2 nitrogen and oxygen atoms in total. The van der Waals surface area contributed by atoms with Gasteiger partial charge in [-0.3, -0.25) is 0 Å². The predicted molar refractivity (Wildman–Crippen MR) is 58.4 cm³/mol. The summed E-state index contributed by atoms with van der Waals surface area (Å²) in [5.41, 5.74) is 0.610. The quantitative estimate of drug-likeness (QED) is 0.733. The van der Waals surface area contributed by atoms with Gasteiger partial charge < -0.3 is 10.1 Å². The third-order valence-electron chi connectivity index (χ3n) is 4.30. The first kappa shape index (κ1) is 10.4. The van der Waals surface area contributed by atoms with E-state index in [0.29, 0.717) is 11.5 Å². The molecule has 0 amide bonds. The topological polar surface area (TPSA) is 21.3 Å². The van der Waals surface area contributed by atoms with E-state index in [2.05, 4.69) is 26.1 Å². The first-order valence-electron chi connectivity index (χ1n) is 5.97. The fraction of sp³-hybridized carbons (Fsp3) is 1.00. The van der Waals surface area contributed by atoms with Crippen molar-refractivity contribution in [2.75, 3.05) is 13.2 Å². The minimum atomic E-state index is 0.206. The van der Waals surface area contributed by atoms with Gasteiger partial charge in [-0.05, 0) is 37.6 Å². The third kappa shape index (κ3) is 1.49. The van der Waals surface area contributed by atoms with Crippen LogP contribution in [0.3, 0.4) is 0 Å². The lowest BCUT2D eigenvalue weighted by molar-refractivity contribution is -0.215. The zero-order chi connectivity index (χ0) is 10.2. The Kier molecular flexibility index (Phi) is 2.61. The normalized spacial score (nSPS) is 40.9. The van der Waals surface area contributed by atoms with Crippen LogP contribution in [0, 0.1) is 5.41 Å². The van der Waals surface area contributed by atoms with Crippen molar-refractivity contribution >= 4 is 0 Å². The van der Waals surface area contributed by atoms with Crippen molar-refractivity contribution in [2.45, 2.75) is 58.1 Å². The van der Waals surface area contributed by atoms with E-state index in [0.717, 1.165) is 13.2 Å². The Morgan fingerprint density at radius 3 is 2.64 bits per heavy atom. The third-order valence-corrected chi connectivity index (χ3v) is 4.30. The Labute approximate surface area is 87.4 Å². The Hall–Kier alpha value is -0.0800. The van der Waals surface area contributed by atoms with Gasteiger partial charge in [0.25, 0.3) is 0 Å². The van der Waals surface area contributed by atoms with Crippen LogP contribution in [0.4, 0.5) is 0 Å². The van der Waals surface area contributed by atoms with Gasteiger partial charge in [0.15, 0.2) is 0 Å². The molecule has 0 aromatic rings. The second-order valence-corrected chi connectivity index (χ2v) is 5.47. The van der Waals surface area contributed by atoms with Crippen LogP contribution >= 0.6 is 0 Å². The molecule has 1 saturated heterocycles. The molecule has 1 aliphatic heterocycles. The Balaban J connectivity index is 2.00. The lowest BCUT2D eigenvalue weighted by Crippen LogP contribution is -2.61. The lowest BCUT2D eigenvalue weighted by Gasteiger charge is -2.59. The fourth-order valence-corrected chi connectivity index (χ4v) is 2.97. The second kappa shape index (κ2) is 3.49. The van der Waals surface area contributed by atoms with E-state index in [1.54, 1.807) is 0 Å². The van der Waals surface area contributed by atoms with E-state index in [-0.39, 0.29) is 5.60 Å². The average molecular weight is 197 g/mol. The van der Waals surface area contributed by atoms with E-state index < -0.39 is 0 Å². The van der Waals surface area contributed by atoms with Gasteiger partial charge in [0.05, 0.1) is 5.60 Å². The summed E-state index contributed by atoms with van der Waals surface area (Å²) in [4.78, 5) is 0. The summed E-state index contributed by atoms with van der Waals surface area (Å²) in [6.07, 6.45) is 4.99. The SMILES string of the molecule is CCNC1CCOC2(CCC2(C)C)C1. The van der Waals surface area contributed by atoms with Gasteiger partial charge in [-0.25, -0.2) is 0 Å². The molecule has 2 fully saturated rings. The maximum absolute atomic E-state index is 6.05. The smallest absolute Gasteiger partial charge is 0.0748 e. The van der Waals surface area contributed by atoms with Crippen molar-refractivity contribution in [3.63, 3.8) is 0 Å². The molecule has 2 rings (SSSR count). The van der Waals surface area contributed by atoms with Crippen molar-refractivity contribution in [3.8, 4) is 0 Å². The zero-order valence-corrected chi connectivity index (χ0v) is 9.73. The molecule has 1 N–H and O–H groups in total. The van der Waals surface area contributed by atoms with E-state index in [4.69, 9.17) is 4.74 Å². The number of hydrogen-bond acceptors (Lipinski definition) is 2. The van der Waals surface area contributed by atoms with Gasteiger partial charge in [0, 0.05) is 12.6 Å². The summed E-state index contributed by atoms with van der Waals surface area (Å²) in [6.45, 7) is 8.92. The molecule has 1 saturated carbocycles. The van der Waals surface area contributed by atoms with Gasteiger partial charge in [-0.2, -0.15) is 0 Å². The van der Waals surface area contributed by atoms with E-state index in [9.17, 15) is 0 Å². The van der Waals surface area contributed by atoms with Crippen LogP contribution in [-0.4, -0.2) is 24.8 Å². The monoisotopic (exact) mass is 197 g/mol. The molecule has 82 valence electrons. The lowest BCUT2D eigenvalue weighted by atomic mass is 9.56. The second-order valence-electron chi connectivity index (χ2n) is 5.47. The van der Waals surface area contributed by atoms with Crippen molar-refractivity contribution in [3.05, 3.63) is 0 Å². The summed E-state index contributed by atoms with van der Waals surface area (Å²) in [5, 5.41) is 3.57. The standard InChI is InChI=1S/C12H23NO/c1-4-13-10-5-8-14-12(9-10)7-6-11(12,2)3/h10,13H,4-9H2,1-3H3. The van der Waals surface area contributed by atoms with Crippen LogP contribution in [0.5, 0.6) is 0 Å². The predicted octanol–water partition coefficient (Wildman–Crippen LogP) is 2.33. The van der Waals surface area contributed by atoms with E-state index >= 15 is 0 Å². The molecule has 0 aromatic heterocycles. The highest BCUT2D eigenvalue weighted by molar-refractivity contribution is 5.07. The van der Waals surface area contributed by atoms with Crippen molar-refractivity contribution < 1.29 is 4.74 Å². The molecule has 0 aromatic carbocycles. The Morgan fingerprint density at radius 1 is 1.36 bits per heavy atom. The molecule has 1 spiro atoms. The van der Waals surface area contributed by atoms with Crippen molar-refractivity contribution in [1.29, 1.82) is 0 Å². The summed E-state index contributed by atoms with van der Waals surface area (Å²) in [5.74, 6) is 0. The molecular weight excluding hydrogens is 174 g/mol. The van der Waals surface area contributed by atoms with Gasteiger partial charge in [0.2, 0.25) is 0 Å². The largest absolute Gasteiger partial charge is 0.374 e. The molecule has 2 atom stereocenters. The molecule has 1 heterocycles. The number of rotatable bonds is 2. The maximum atomic E-state index is 6.05. The summed E-state index contributed by atoms with van der Waals surface area (Å²) in [6, 6.07) is 0.688. The highest BCUT2D eigenvalue weighted by Gasteiger charge is 2.55. The van der Waals surface area contributed by atoms with Crippen LogP contribution in [0.1, 0.15) is 46.5 Å². The summed E-state index contributed by atoms with van der Waals surface area (Å²) >= 11 is 0. The molecule has 2 heteroatoms. The molecular formula is C12H23NO. The van der Waals surface area contributed by atoms with Crippen LogP contribution in [-0.2, 0) is 4.74 Å². The summed E-state index contributed by atoms with van der Waals surface area (Å²) < 4.78 is 6.05. The molecule has 0 radical (unpaired) electrons. The first-order valence-corrected chi connectivity index (χ1v) is 5.97. The van der Waals surface area contributed by atoms with Crippen LogP contribution < -0.4 is 5.32 Å². The minimum absolute atomic E-state index is 0.206. The van der Waals surface area contributed by atoms with Crippen LogP contribution in [0.25, 0.3) is 0 Å². The van der Waals surface area contributed by atoms with Gasteiger partial charge in [0.1, 0.15) is 0 Å². The van der Waals surface area contributed by atoms with Gasteiger partial charge in [-0.15, -0.1) is 0 Å². The molecule has 1 aliphatic carbocycles. The Bertz CT molecular complexity index is 212. The minimum Gasteiger partial charge on any atom is -0.374 e.